The van der Waals surface area contributed by atoms with Gasteiger partial charge in [0.2, 0.25) is 0 Å². The maximum absolute atomic E-state index is 12.5. The van der Waals surface area contributed by atoms with E-state index in [0.717, 1.165) is 31.7 Å². The summed E-state index contributed by atoms with van der Waals surface area (Å²) < 4.78 is 1.75. The van der Waals surface area contributed by atoms with E-state index in [-0.39, 0.29) is 12.1 Å². The summed E-state index contributed by atoms with van der Waals surface area (Å²) in [6.07, 6.45) is 3.73. The highest BCUT2D eigenvalue weighted by Crippen LogP contribution is 2.23. The number of urea groups is 1. The van der Waals surface area contributed by atoms with E-state index in [1.165, 1.54) is 5.56 Å². The predicted octanol–water partition coefficient (Wildman–Crippen LogP) is 2.63. The molecule has 6 nitrogen and oxygen atoms in total. The van der Waals surface area contributed by atoms with Gasteiger partial charge in [0.15, 0.2) is 0 Å². The number of piperazine rings is 1. The van der Waals surface area contributed by atoms with Gasteiger partial charge < -0.3 is 10.2 Å². The van der Waals surface area contributed by atoms with E-state index in [2.05, 4.69) is 39.1 Å². The van der Waals surface area contributed by atoms with Crippen LogP contribution < -0.4 is 5.32 Å². The molecule has 2 aromatic heterocycles. The fourth-order valence-electron chi connectivity index (χ4n) is 3.06. The van der Waals surface area contributed by atoms with Crippen molar-refractivity contribution in [2.75, 3.05) is 26.2 Å². The summed E-state index contributed by atoms with van der Waals surface area (Å²) in [6.45, 7) is 7.57. The summed E-state index contributed by atoms with van der Waals surface area (Å²) in [5.41, 5.74) is 2.39. The van der Waals surface area contributed by atoms with Crippen molar-refractivity contribution < 1.29 is 4.79 Å². The van der Waals surface area contributed by atoms with E-state index in [1.807, 2.05) is 25.1 Å². The minimum Gasteiger partial charge on any atom is -0.331 e. The molecule has 1 saturated heterocycles. The van der Waals surface area contributed by atoms with Crippen LogP contribution in [-0.2, 0) is 7.05 Å². The highest BCUT2D eigenvalue weighted by Gasteiger charge is 2.25. The number of nitrogens with zero attached hydrogens (tertiary/aromatic N) is 4. The maximum atomic E-state index is 12.5. The molecular formula is C17H25N5OS. The lowest BCUT2D eigenvalue weighted by Crippen LogP contribution is -2.52. The third-order valence-electron chi connectivity index (χ3n) is 4.74. The van der Waals surface area contributed by atoms with Crippen molar-refractivity contribution in [3.8, 4) is 0 Å². The highest BCUT2D eigenvalue weighted by atomic mass is 32.1. The molecule has 0 saturated carbocycles. The first-order valence-electron chi connectivity index (χ1n) is 8.34. The fourth-order valence-corrected chi connectivity index (χ4v) is 3.81. The summed E-state index contributed by atoms with van der Waals surface area (Å²) in [7, 11) is 1.88. The molecular weight excluding hydrogens is 322 g/mol. The van der Waals surface area contributed by atoms with Crippen molar-refractivity contribution in [3.63, 3.8) is 0 Å². The van der Waals surface area contributed by atoms with Crippen LogP contribution in [0.25, 0.3) is 0 Å². The zero-order chi connectivity index (χ0) is 17.1. The van der Waals surface area contributed by atoms with E-state index in [9.17, 15) is 4.79 Å². The van der Waals surface area contributed by atoms with Gasteiger partial charge in [-0.05, 0) is 36.2 Å². The van der Waals surface area contributed by atoms with E-state index in [0.29, 0.717) is 6.04 Å². The van der Waals surface area contributed by atoms with Crippen molar-refractivity contribution in [2.24, 2.45) is 7.05 Å². The molecule has 0 unspecified atom stereocenters. The van der Waals surface area contributed by atoms with Crippen molar-refractivity contribution in [1.82, 2.24) is 24.9 Å². The lowest BCUT2D eigenvalue weighted by Gasteiger charge is -2.38. The number of aromatic nitrogens is 2. The third kappa shape index (κ3) is 3.79. The third-order valence-corrected chi connectivity index (χ3v) is 5.44. The normalized spacial score (nSPS) is 18.4. The van der Waals surface area contributed by atoms with Crippen LogP contribution in [0.3, 0.4) is 0 Å². The maximum Gasteiger partial charge on any atom is 0.317 e. The Morgan fingerprint density at radius 3 is 2.58 bits per heavy atom. The number of hydrogen-bond acceptors (Lipinski definition) is 4. The molecule has 3 rings (SSSR count). The number of carbonyl (C=O) groups excluding carboxylic acids is 1. The van der Waals surface area contributed by atoms with Crippen molar-refractivity contribution in [1.29, 1.82) is 0 Å². The summed E-state index contributed by atoms with van der Waals surface area (Å²) in [6, 6.07) is 2.57. The molecule has 2 aromatic rings. The Labute approximate surface area is 147 Å². The standard InChI is InChI=1S/C17H25N5OS/c1-13(16-10-18-20(3)11-16)19-17(23)22-7-5-21(6-8-22)14(2)15-4-9-24-12-15/h4,9-14H,5-8H2,1-3H3,(H,19,23)/t13-,14+/m0/s1. The van der Waals surface area contributed by atoms with Crippen LogP contribution in [0.2, 0.25) is 0 Å². The van der Waals surface area contributed by atoms with Crippen molar-refractivity contribution >= 4 is 17.4 Å². The van der Waals surface area contributed by atoms with Crippen LogP contribution in [0.1, 0.15) is 37.1 Å². The van der Waals surface area contributed by atoms with Crippen LogP contribution in [0.15, 0.2) is 29.2 Å². The Kier molecular flexibility index (Phi) is 5.20. The zero-order valence-electron chi connectivity index (χ0n) is 14.5. The molecule has 1 fully saturated rings. The second-order valence-electron chi connectivity index (χ2n) is 6.37. The summed E-state index contributed by atoms with van der Waals surface area (Å²) >= 11 is 1.74. The SMILES string of the molecule is C[C@H](NC(=O)N1CCN([C@H](C)c2ccsc2)CC1)c1cnn(C)c1. The number of rotatable bonds is 4. The van der Waals surface area contributed by atoms with Gasteiger partial charge in [0.1, 0.15) is 0 Å². The van der Waals surface area contributed by atoms with Gasteiger partial charge in [-0.3, -0.25) is 9.58 Å². The van der Waals surface area contributed by atoms with Gasteiger partial charge in [0.25, 0.3) is 0 Å². The number of nitrogens with one attached hydrogen (secondary N) is 1. The van der Waals surface area contributed by atoms with Crippen LogP contribution >= 0.6 is 11.3 Å². The Balaban J connectivity index is 1.50. The van der Waals surface area contributed by atoms with Gasteiger partial charge in [-0.15, -0.1) is 0 Å². The lowest BCUT2D eigenvalue weighted by molar-refractivity contribution is 0.113. The highest BCUT2D eigenvalue weighted by molar-refractivity contribution is 7.07. The van der Waals surface area contributed by atoms with E-state index in [4.69, 9.17) is 0 Å². The Morgan fingerprint density at radius 1 is 1.25 bits per heavy atom. The smallest absolute Gasteiger partial charge is 0.317 e. The molecule has 2 amide bonds. The van der Waals surface area contributed by atoms with Gasteiger partial charge in [-0.25, -0.2) is 4.79 Å². The molecule has 3 heterocycles. The molecule has 0 spiro atoms. The van der Waals surface area contributed by atoms with Crippen LogP contribution in [-0.4, -0.2) is 51.8 Å². The van der Waals surface area contributed by atoms with Gasteiger partial charge in [-0.1, -0.05) is 0 Å². The number of carbonyl (C=O) groups is 1. The van der Waals surface area contributed by atoms with E-state index < -0.39 is 0 Å². The average molecular weight is 347 g/mol. The summed E-state index contributed by atoms with van der Waals surface area (Å²) in [4.78, 5) is 16.8. The Hall–Kier alpha value is -1.86. The van der Waals surface area contributed by atoms with Gasteiger partial charge in [-0.2, -0.15) is 16.4 Å². The molecule has 0 aromatic carbocycles. The number of amides is 2. The minimum absolute atomic E-state index is 0.00851. The minimum atomic E-state index is -0.0334. The number of hydrogen-bond donors (Lipinski definition) is 1. The van der Waals surface area contributed by atoms with Crippen molar-refractivity contribution in [2.45, 2.75) is 25.9 Å². The first-order chi connectivity index (χ1) is 11.5. The Morgan fingerprint density at radius 2 is 2.00 bits per heavy atom. The lowest BCUT2D eigenvalue weighted by atomic mass is 10.1. The Bertz CT molecular complexity index is 660. The molecule has 0 aliphatic carbocycles. The molecule has 130 valence electrons. The van der Waals surface area contributed by atoms with Gasteiger partial charge >= 0.3 is 6.03 Å². The van der Waals surface area contributed by atoms with Crippen LogP contribution in [0.5, 0.6) is 0 Å². The quantitative estimate of drug-likeness (QED) is 0.925. The van der Waals surface area contributed by atoms with Gasteiger partial charge in [0, 0.05) is 51.0 Å². The molecule has 2 atom stereocenters. The fraction of sp³-hybridized carbons (Fsp3) is 0.529. The number of aryl methyl sites for hydroxylation is 1. The van der Waals surface area contributed by atoms with E-state index in [1.54, 1.807) is 22.2 Å². The predicted molar refractivity (Wildman–Crippen MR) is 96.0 cm³/mol. The zero-order valence-corrected chi connectivity index (χ0v) is 15.3. The molecule has 1 aliphatic rings. The molecule has 0 radical (unpaired) electrons. The van der Waals surface area contributed by atoms with Crippen LogP contribution in [0, 0.1) is 0 Å². The first-order valence-corrected chi connectivity index (χ1v) is 9.29. The second kappa shape index (κ2) is 7.36. The monoisotopic (exact) mass is 347 g/mol. The van der Waals surface area contributed by atoms with E-state index >= 15 is 0 Å². The second-order valence-corrected chi connectivity index (χ2v) is 7.15. The average Bonchev–Trinajstić information content (AvgIpc) is 3.26. The molecule has 7 heteroatoms. The topological polar surface area (TPSA) is 53.4 Å². The first kappa shape index (κ1) is 17.0. The van der Waals surface area contributed by atoms with Gasteiger partial charge in [0.05, 0.1) is 12.2 Å². The van der Waals surface area contributed by atoms with Crippen LogP contribution in [0.4, 0.5) is 4.79 Å². The molecule has 1 N–H and O–H groups in total. The molecule has 1 aliphatic heterocycles. The largest absolute Gasteiger partial charge is 0.331 e. The summed E-state index contributed by atoms with van der Waals surface area (Å²) in [5, 5.41) is 11.6. The summed E-state index contributed by atoms with van der Waals surface area (Å²) in [5.74, 6) is 0. The molecule has 24 heavy (non-hydrogen) atoms. The number of thiophene rings is 1. The van der Waals surface area contributed by atoms with Crippen molar-refractivity contribution in [3.05, 3.63) is 40.3 Å². The molecule has 0 bridgehead atoms.